The van der Waals surface area contributed by atoms with Crippen molar-refractivity contribution in [2.45, 2.75) is 24.7 Å². The normalized spacial score (nSPS) is 15.6. The molecule has 1 aliphatic heterocycles. The highest BCUT2D eigenvalue weighted by molar-refractivity contribution is 7.90. The summed E-state index contributed by atoms with van der Waals surface area (Å²) in [6.45, 7) is 1.86. The lowest BCUT2D eigenvalue weighted by Gasteiger charge is -2.20. The summed E-state index contributed by atoms with van der Waals surface area (Å²) < 4.78 is 33.5. The van der Waals surface area contributed by atoms with E-state index in [1.807, 2.05) is 6.92 Å². The molecule has 0 radical (unpaired) electrons. The summed E-state index contributed by atoms with van der Waals surface area (Å²) in [5, 5.41) is 6.21. The number of nitrogens with one attached hydrogen (secondary N) is 2. The van der Waals surface area contributed by atoms with Crippen LogP contribution in [-0.2, 0) is 14.8 Å². The second kappa shape index (κ2) is 8.20. The third-order valence-corrected chi connectivity index (χ3v) is 5.85. The van der Waals surface area contributed by atoms with E-state index in [4.69, 9.17) is 16.3 Å². The number of halogens is 1. The molecule has 0 aliphatic carbocycles. The van der Waals surface area contributed by atoms with E-state index in [9.17, 15) is 13.2 Å². The van der Waals surface area contributed by atoms with Crippen LogP contribution in [-0.4, -0.2) is 27.3 Å². The number of anilines is 2. The Morgan fingerprint density at radius 2 is 2.04 bits per heavy atom. The van der Waals surface area contributed by atoms with E-state index in [1.165, 1.54) is 13.2 Å². The zero-order valence-electron chi connectivity index (χ0n) is 15.4. The standard InChI is InChI=1S/C19H20ClN3O4S/c1-12(10-19(24)21-13-7-8-16(27-2)14(20)11-13)9-18-22-15-5-3-4-6-17(15)28(25,26)23-18/h3-8,11-12H,9-10H2,1-2H3,(H,21,24)(H,22,23)/t12-/m0/s1. The van der Waals surface area contributed by atoms with Gasteiger partial charge in [-0.2, -0.15) is 8.42 Å². The molecule has 2 N–H and O–H groups in total. The van der Waals surface area contributed by atoms with Gasteiger partial charge in [-0.1, -0.05) is 30.7 Å². The topological polar surface area (TPSA) is 96.9 Å². The summed E-state index contributed by atoms with van der Waals surface area (Å²) in [7, 11) is -2.21. The molecule has 9 heteroatoms. The quantitative estimate of drug-likeness (QED) is 0.736. The molecule has 0 saturated heterocycles. The highest BCUT2D eigenvalue weighted by atomic mass is 35.5. The molecule has 0 bridgehead atoms. The van der Waals surface area contributed by atoms with Crippen molar-refractivity contribution < 1.29 is 17.9 Å². The molecule has 2 aromatic rings. The Morgan fingerprint density at radius 1 is 1.29 bits per heavy atom. The van der Waals surface area contributed by atoms with Crippen molar-refractivity contribution in [3.8, 4) is 5.75 Å². The average Bonchev–Trinajstić information content (AvgIpc) is 2.61. The van der Waals surface area contributed by atoms with Gasteiger partial charge < -0.3 is 15.4 Å². The third-order valence-electron chi connectivity index (χ3n) is 4.19. The van der Waals surface area contributed by atoms with Crippen molar-refractivity contribution >= 4 is 44.7 Å². The van der Waals surface area contributed by atoms with E-state index in [0.717, 1.165) is 0 Å². The predicted octanol–water partition coefficient (Wildman–Crippen LogP) is 3.92. The molecule has 7 nitrogen and oxygen atoms in total. The van der Waals surface area contributed by atoms with E-state index < -0.39 is 10.0 Å². The maximum atomic E-state index is 12.3. The molecule has 1 atom stereocenters. The monoisotopic (exact) mass is 421 g/mol. The van der Waals surface area contributed by atoms with Crippen molar-refractivity contribution in [2.24, 2.45) is 10.3 Å². The van der Waals surface area contributed by atoms with Gasteiger partial charge in [0.25, 0.3) is 10.0 Å². The molecule has 1 heterocycles. The summed E-state index contributed by atoms with van der Waals surface area (Å²) in [6, 6.07) is 11.6. The summed E-state index contributed by atoms with van der Waals surface area (Å²) in [6.07, 6.45) is 0.524. The highest BCUT2D eigenvalue weighted by Gasteiger charge is 2.25. The molecule has 0 fully saturated rings. The first-order valence-corrected chi connectivity index (χ1v) is 10.4. The maximum absolute atomic E-state index is 12.3. The molecular formula is C19H20ClN3O4S. The van der Waals surface area contributed by atoms with Crippen LogP contribution in [0.1, 0.15) is 19.8 Å². The Balaban J connectivity index is 1.61. The Hall–Kier alpha value is -2.58. The minimum absolute atomic E-state index is 0.125. The largest absolute Gasteiger partial charge is 0.495 e. The second-order valence-electron chi connectivity index (χ2n) is 6.55. The number of methoxy groups -OCH3 is 1. The lowest BCUT2D eigenvalue weighted by molar-refractivity contribution is -0.116. The van der Waals surface area contributed by atoms with E-state index in [1.54, 1.807) is 36.4 Å². The zero-order chi connectivity index (χ0) is 20.3. The van der Waals surface area contributed by atoms with Crippen LogP contribution in [0.15, 0.2) is 51.8 Å². The van der Waals surface area contributed by atoms with Crippen LogP contribution in [0.2, 0.25) is 5.02 Å². The van der Waals surface area contributed by atoms with E-state index in [0.29, 0.717) is 34.4 Å². The van der Waals surface area contributed by atoms with Crippen LogP contribution in [0.3, 0.4) is 0 Å². The summed E-state index contributed by atoms with van der Waals surface area (Å²) in [5.41, 5.74) is 1.06. The SMILES string of the molecule is COc1ccc(NC(=O)C[C@@H](C)CC2=NS(=O)(=O)c3ccccc3N2)cc1Cl. The van der Waals surface area contributed by atoms with Crippen molar-refractivity contribution in [2.75, 3.05) is 17.7 Å². The number of carbonyl (C=O) groups excluding carboxylic acids is 1. The van der Waals surface area contributed by atoms with Crippen LogP contribution in [0.5, 0.6) is 5.75 Å². The highest BCUT2D eigenvalue weighted by Crippen LogP contribution is 2.29. The summed E-state index contributed by atoms with van der Waals surface area (Å²) >= 11 is 6.06. The fourth-order valence-electron chi connectivity index (χ4n) is 2.93. The second-order valence-corrected chi connectivity index (χ2v) is 8.52. The number of hydrogen-bond acceptors (Lipinski definition) is 5. The minimum atomic E-state index is -3.73. The molecular weight excluding hydrogens is 402 g/mol. The van der Waals surface area contributed by atoms with Crippen molar-refractivity contribution in [3.63, 3.8) is 0 Å². The molecule has 3 rings (SSSR count). The van der Waals surface area contributed by atoms with Crippen LogP contribution in [0.4, 0.5) is 11.4 Å². The number of hydrogen-bond donors (Lipinski definition) is 2. The molecule has 28 heavy (non-hydrogen) atoms. The zero-order valence-corrected chi connectivity index (χ0v) is 17.0. The molecule has 0 spiro atoms. The Bertz CT molecular complexity index is 1040. The number of fused-ring (bicyclic) bond motifs is 1. The summed E-state index contributed by atoms with van der Waals surface area (Å²) in [4.78, 5) is 12.4. The van der Waals surface area contributed by atoms with Gasteiger partial charge in [0.05, 0.1) is 17.8 Å². The van der Waals surface area contributed by atoms with Crippen molar-refractivity contribution in [1.82, 2.24) is 0 Å². The molecule has 0 aromatic heterocycles. The lowest BCUT2D eigenvalue weighted by atomic mass is 10.0. The predicted molar refractivity (Wildman–Crippen MR) is 110 cm³/mol. The number of ether oxygens (including phenoxy) is 1. The molecule has 2 aromatic carbocycles. The average molecular weight is 422 g/mol. The Labute approximate surface area is 168 Å². The minimum Gasteiger partial charge on any atom is -0.495 e. The first-order chi connectivity index (χ1) is 13.3. The van der Waals surface area contributed by atoms with Gasteiger partial charge in [0.2, 0.25) is 5.91 Å². The van der Waals surface area contributed by atoms with Gasteiger partial charge in [-0.05, 0) is 36.2 Å². The van der Waals surface area contributed by atoms with Gasteiger partial charge in [0.15, 0.2) is 0 Å². The van der Waals surface area contributed by atoms with E-state index >= 15 is 0 Å². The van der Waals surface area contributed by atoms with Crippen molar-refractivity contribution in [3.05, 3.63) is 47.5 Å². The molecule has 148 valence electrons. The third kappa shape index (κ3) is 4.63. The van der Waals surface area contributed by atoms with Gasteiger partial charge in [0, 0.05) is 18.5 Å². The van der Waals surface area contributed by atoms with Gasteiger partial charge in [-0.15, -0.1) is 4.40 Å². The first kappa shape index (κ1) is 20.2. The Kier molecular flexibility index (Phi) is 5.90. The Morgan fingerprint density at radius 3 is 2.75 bits per heavy atom. The fourth-order valence-corrected chi connectivity index (χ4v) is 4.34. The van der Waals surface area contributed by atoms with Crippen LogP contribution >= 0.6 is 11.6 Å². The number of sulfonamides is 1. The van der Waals surface area contributed by atoms with E-state index in [2.05, 4.69) is 15.0 Å². The number of rotatable bonds is 6. The number of amidine groups is 1. The number of amides is 1. The molecule has 1 aliphatic rings. The first-order valence-electron chi connectivity index (χ1n) is 8.62. The summed E-state index contributed by atoms with van der Waals surface area (Å²) in [5.74, 6) is 0.524. The van der Waals surface area contributed by atoms with Gasteiger partial charge in [-0.25, -0.2) is 0 Å². The number of para-hydroxylation sites is 1. The smallest absolute Gasteiger partial charge is 0.286 e. The van der Waals surface area contributed by atoms with Gasteiger partial charge in [0.1, 0.15) is 16.5 Å². The van der Waals surface area contributed by atoms with Crippen molar-refractivity contribution in [1.29, 1.82) is 0 Å². The fraction of sp³-hybridized carbons (Fsp3) is 0.263. The number of benzene rings is 2. The number of carbonyl (C=O) groups is 1. The van der Waals surface area contributed by atoms with E-state index in [-0.39, 0.29) is 23.1 Å². The molecule has 1 amide bonds. The number of nitrogens with zero attached hydrogens (tertiary/aromatic N) is 1. The maximum Gasteiger partial charge on any atom is 0.286 e. The molecule has 0 saturated carbocycles. The van der Waals surface area contributed by atoms with Crippen LogP contribution in [0.25, 0.3) is 0 Å². The van der Waals surface area contributed by atoms with Gasteiger partial charge >= 0.3 is 0 Å². The lowest BCUT2D eigenvalue weighted by Crippen LogP contribution is -2.25. The van der Waals surface area contributed by atoms with Gasteiger partial charge in [-0.3, -0.25) is 4.79 Å². The van der Waals surface area contributed by atoms with Crippen LogP contribution in [0, 0.1) is 5.92 Å². The molecule has 0 unspecified atom stereocenters. The van der Waals surface area contributed by atoms with Crippen LogP contribution < -0.4 is 15.4 Å².